The van der Waals surface area contributed by atoms with Crippen molar-refractivity contribution < 1.29 is 9.53 Å². The number of hydrogen-bond acceptors (Lipinski definition) is 6. The van der Waals surface area contributed by atoms with Crippen LogP contribution in [0.2, 0.25) is 0 Å². The zero-order valence-electron chi connectivity index (χ0n) is 20.5. The highest BCUT2D eigenvalue weighted by atomic mass is 16.5. The van der Waals surface area contributed by atoms with Crippen molar-refractivity contribution in [1.82, 2.24) is 24.3 Å². The van der Waals surface area contributed by atoms with E-state index in [9.17, 15) is 4.79 Å². The lowest BCUT2D eigenvalue weighted by atomic mass is 9.96. The Kier molecular flexibility index (Phi) is 7.95. The van der Waals surface area contributed by atoms with E-state index < -0.39 is 6.03 Å². The maximum atomic E-state index is 12.2. The van der Waals surface area contributed by atoms with Gasteiger partial charge in [-0.05, 0) is 54.7 Å². The fourth-order valence-corrected chi connectivity index (χ4v) is 4.57. The van der Waals surface area contributed by atoms with Crippen molar-refractivity contribution >= 4 is 16.9 Å². The standard InChI is InChI=1S/C26H33N7O2/c1-19-14-23-22(15-20(19)4-3-6-27)21(16-24(30-23)25-17-29-18-31(25)2)5-7-33(26(28)34)9-8-32-10-12-35-13-11-32/h14-18H,3-5,7-13H2,1-2H3,(H2,28,34). The van der Waals surface area contributed by atoms with Crippen LogP contribution in [0.25, 0.3) is 22.3 Å². The minimum absolute atomic E-state index is 0.408. The van der Waals surface area contributed by atoms with Gasteiger partial charge in [0.05, 0.1) is 48.7 Å². The van der Waals surface area contributed by atoms with Crippen molar-refractivity contribution in [2.24, 2.45) is 12.8 Å². The minimum atomic E-state index is -0.408. The molecule has 1 fully saturated rings. The zero-order chi connectivity index (χ0) is 24.8. The van der Waals surface area contributed by atoms with Crippen molar-refractivity contribution in [2.45, 2.75) is 26.2 Å². The molecule has 0 saturated carbocycles. The largest absolute Gasteiger partial charge is 0.379 e. The quantitative estimate of drug-likeness (QED) is 0.509. The van der Waals surface area contributed by atoms with E-state index in [0.29, 0.717) is 32.4 Å². The summed E-state index contributed by atoms with van der Waals surface area (Å²) in [7, 11) is 1.95. The number of imidazole rings is 1. The van der Waals surface area contributed by atoms with Gasteiger partial charge in [-0.15, -0.1) is 0 Å². The first-order valence-corrected chi connectivity index (χ1v) is 12.1. The molecule has 0 atom stereocenters. The lowest BCUT2D eigenvalue weighted by Gasteiger charge is -2.29. The molecule has 1 saturated heterocycles. The number of fused-ring (bicyclic) bond motifs is 1. The second-order valence-corrected chi connectivity index (χ2v) is 9.04. The molecule has 4 rings (SSSR count). The first-order chi connectivity index (χ1) is 17.0. The summed E-state index contributed by atoms with van der Waals surface area (Å²) in [6, 6.07) is 8.16. The Morgan fingerprint density at radius 3 is 2.69 bits per heavy atom. The van der Waals surface area contributed by atoms with E-state index >= 15 is 0 Å². The Balaban J connectivity index is 1.63. The van der Waals surface area contributed by atoms with Crippen LogP contribution in [0.15, 0.2) is 30.7 Å². The number of aromatic nitrogens is 3. The van der Waals surface area contributed by atoms with Gasteiger partial charge in [0, 0.05) is 51.6 Å². The van der Waals surface area contributed by atoms with Gasteiger partial charge >= 0.3 is 6.03 Å². The third kappa shape index (κ3) is 5.96. The third-order valence-corrected chi connectivity index (χ3v) is 6.69. The third-order valence-electron chi connectivity index (χ3n) is 6.69. The van der Waals surface area contributed by atoms with Crippen LogP contribution in [0.1, 0.15) is 23.1 Å². The summed E-state index contributed by atoms with van der Waals surface area (Å²) in [5, 5.41) is 10.1. The summed E-state index contributed by atoms with van der Waals surface area (Å²) in [6.07, 6.45) is 5.39. The number of benzene rings is 1. The summed E-state index contributed by atoms with van der Waals surface area (Å²) in [6.45, 7) is 7.14. The fraction of sp³-hybridized carbons (Fsp3) is 0.462. The van der Waals surface area contributed by atoms with Crippen molar-refractivity contribution in [3.63, 3.8) is 0 Å². The maximum Gasteiger partial charge on any atom is 0.314 e. The Hall–Kier alpha value is -3.48. The molecule has 184 valence electrons. The molecule has 2 amide bonds. The molecule has 2 aromatic heterocycles. The number of nitrogens with zero attached hydrogens (tertiary/aromatic N) is 6. The highest BCUT2D eigenvalue weighted by molar-refractivity contribution is 5.86. The molecule has 1 aliphatic heterocycles. The number of morpholine rings is 1. The normalized spacial score (nSPS) is 14.2. The van der Waals surface area contributed by atoms with E-state index in [-0.39, 0.29) is 0 Å². The van der Waals surface area contributed by atoms with E-state index in [1.807, 2.05) is 17.8 Å². The summed E-state index contributed by atoms with van der Waals surface area (Å²) in [5.41, 5.74) is 11.8. The van der Waals surface area contributed by atoms with Crippen molar-refractivity contribution in [1.29, 1.82) is 5.26 Å². The number of carbonyl (C=O) groups is 1. The first kappa shape index (κ1) is 24.6. The van der Waals surface area contributed by atoms with Gasteiger partial charge in [-0.25, -0.2) is 14.8 Å². The maximum absolute atomic E-state index is 12.2. The van der Waals surface area contributed by atoms with E-state index in [1.54, 1.807) is 11.2 Å². The number of ether oxygens (including phenoxy) is 1. The molecule has 0 unspecified atom stereocenters. The van der Waals surface area contributed by atoms with E-state index in [0.717, 1.165) is 71.8 Å². The zero-order valence-corrected chi connectivity index (χ0v) is 20.5. The van der Waals surface area contributed by atoms with Gasteiger partial charge in [0.25, 0.3) is 0 Å². The molecule has 9 heteroatoms. The van der Waals surface area contributed by atoms with E-state index in [1.165, 1.54) is 0 Å². The molecular weight excluding hydrogens is 442 g/mol. The highest BCUT2D eigenvalue weighted by Gasteiger charge is 2.17. The smallest absolute Gasteiger partial charge is 0.314 e. The molecule has 0 spiro atoms. The van der Waals surface area contributed by atoms with Crippen LogP contribution < -0.4 is 5.73 Å². The molecule has 1 aliphatic rings. The predicted molar refractivity (Wildman–Crippen MR) is 135 cm³/mol. The van der Waals surface area contributed by atoms with Crippen molar-refractivity contribution in [2.75, 3.05) is 45.9 Å². The Morgan fingerprint density at radius 2 is 2.00 bits per heavy atom. The number of hydrogen-bond donors (Lipinski definition) is 1. The number of carbonyl (C=O) groups excluding carboxylic acids is 1. The lowest BCUT2D eigenvalue weighted by Crippen LogP contribution is -2.45. The molecule has 35 heavy (non-hydrogen) atoms. The van der Waals surface area contributed by atoms with Crippen molar-refractivity contribution in [3.8, 4) is 17.5 Å². The molecule has 9 nitrogen and oxygen atoms in total. The molecule has 0 aliphatic carbocycles. The second-order valence-electron chi connectivity index (χ2n) is 9.04. The van der Waals surface area contributed by atoms with Crippen molar-refractivity contribution in [3.05, 3.63) is 47.4 Å². The van der Waals surface area contributed by atoms with Crippen LogP contribution in [-0.4, -0.2) is 76.3 Å². The van der Waals surface area contributed by atoms with E-state index in [4.69, 9.17) is 20.7 Å². The summed E-state index contributed by atoms with van der Waals surface area (Å²) in [5.74, 6) is 0. The van der Waals surface area contributed by atoms with Crippen LogP contribution in [0, 0.1) is 18.3 Å². The molecular formula is C26H33N7O2. The summed E-state index contributed by atoms with van der Waals surface area (Å²) in [4.78, 5) is 25.4. The Morgan fingerprint density at radius 1 is 1.20 bits per heavy atom. The Bertz CT molecular complexity index is 1220. The average molecular weight is 476 g/mol. The van der Waals surface area contributed by atoms with Crippen LogP contribution in [0.3, 0.4) is 0 Å². The topological polar surface area (TPSA) is 113 Å². The fourth-order valence-electron chi connectivity index (χ4n) is 4.57. The van der Waals surface area contributed by atoms with E-state index in [2.05, 4.69) is 41.1 Å². The molecule has 0 radical (unpaired) electrons. The van der Waals surface area contributed by atoms with Gasteiger partial charge < -0.3 is 19.9 Å². The molecule has 2 N–H and O–H groups in total. The molecule has 0 bridgehead atoms. The average Bonchev–Trinajstić information content (AvgIpc) is 3.28. The number of urea groups is 1. The second kappa shape index (κ2) is 11.3. The van der Waals surface area contributed by atoms with Gasteiger partial charge in [-0.2, -0.15) is 5.26 Å². The van der Waals surface area contributed by atoms with Crippen LogP contribution in [-0.2, 0) is 24.6 Å². The summed E-state index contributed by atoms with van der Waals surface area (Å²) < 4.78 is 7.36. The first-order valence-electron chi connectivity index (χ1n) is 12.1. The lowest BCUT2D eigenvalue weighted by molar-refractivity contribution is 0.0351. The predicted octanol–water partition coefficient (Wildman–Crippen LogP) is 2.66. The number of nitrogens with two attached hydrogens (primary N) is 1. The molecule has 3 aromatic rings. The number of rotatable bonds is 9. The molecule has 3 heterocycles. The number of pyridine rings is 1. The van der Waals surface area contributed by atoms with Crippen LogP contribution in [0.5, 0.6) is 0 Å². The van der Waals surface area contributed by atoms with Gasteiger partial charge in [0.2, 0.25) is 0 Å². The number of aryl methyl sites for hydroxylation is 3. The number of primary amides is 1. The highest BCUT2D eigenvalue weighted by Crippen LogP contribution is 2.28. The Labute approximate surface area is 206 Å². The van der Waals surface area contributed by atoms with Gasteiger partial charge in [0.1, 0.15) is 0 Å². The van der Waals surface area contributed by atoms with Gasteiger partial charge in [-0.1, -0.05) is 0 Å². The minimum Gasteiger partial charge on any atom is -0.379 e. The SMILES string of the molecule is Cc1cc2nc(-c3cncn3C)cc(CCN(CCN3CCOCC3)C(N)=O)c2cc1CCC#N. The summed E-state index contributed by atoms with van der Waals surface area (Å²) >= 11 is 0. The van der Waals surface area contributed by atoms with Gasteiger partial charge in [0.15, 0.2) is 0 Å². The number of amides is 2. The molecule has 1 aromatic carbocycles. The van der Waals surface area contributed by atoms with Crippen LogP contribution >= 0.6 is 0 Å². The number of nitriles is 1. The monoisotopic (exact) mass is 475 g/mol. The van der Waals surface area contributed by atoms with Crippen LogP contribution in [0.4, 0.5) is 4.79 Å². The van der Waals surface area contributed by atoms with Gasteiger partial charge in [-0.3, -0.25) is 4.90 Å².